The van der Waals surface area contributed by atoms with Gasteiger partial charge in [-0.15, -0.1) is 0 Å². The van der Waals surface area contributed by atoms with Gasteiger partial charge < -0.3 is 0 Å². The van der Waals surface area contributed by atoms with Gasteiger partial charge in [0.25, 0.3) is 11.5 Å². The Kier molecular flexibility index (Phi) is 4.17. The van der Waals surface area contributed by atoms with E-state index in [1.165, 1.54) is 35.4 Å². The lowest BCUT2D eigenvalue weighted by Crippen LogP contribution is -2.33. The summed E-state index contributed by atoms with van der Waals surface area (Å²) in [6, 6.07) is 12.1. The quantitative estimate of drug-likeness (QED) is 0.589. The first kappa shape index (κ1) is 16.9. The van der Waals surface area contributed by atoms with Gasteiger partial charge in [-0.05, 0) is 36.4 Å². The predicted molar refractivity (Wildman–Crippen MR) is 98.2 cm³/mol. The topological polar surface area (TPSA) is 81.8 Å². The van der Waals surface area contributed by atoms with Gasteiger partial charge in [0.15, 0.2) is 5.65 Å². The lowest BCUT2D eigenvalue weighted by Gasteiger charge is -2.08. The summed E-state index contributed by atoms with van der Waals surface area (Å²) in [5, 5.41) is 4.90. The third-order valence-corrected chi connectivity index (χ3v) is 4.09. The Balaban J connectivity index is 1.71. The van der Waals surface area contributed by atoms with Crippen LogP contribution < -0.4 is 11.0 Å². The van der Waals surface area contributed by atoms with Gasteiger partial charge in [-0.25, -0.2) is 18.7 Å². The minimum Gasteiger partial charge on any atom is -0.267 e. The summed E-state index contributed by atoms with van der Waals surface area (Å²) in [7, 11) is 0. The number of hydrogen-bond acceptors (Lipinski definition) is 4. The molecule has 4 aromatic rings. The third-order valence-electron chi connectivity index (χ3n) is 3.85. The molecule has 0 aliphatic carbocycles. The molecule has 9 heteroatoms. The van der Waals surface area contributed by atoms with Gasteiger partial charge in [0.1, 0.15) is 17.5 Å². The van der Waals surface area contributed by atoms with Crippen molar-refractivity contribution in [2.75, 3.05) is 5.43 Å². The smallest absolute Gasteiger partial charge is 0.267 e. The monoisotopic (exact) mass is 383 g/mol. The van der Waals surface area contributed by atoms with E-state index in [0.29, 0.717) is 16.4 Å². The van der Waals surface area contributed by atoms with Crippen LogP contribution >= 0.6 is 11.6 Å². The molecule has 0 unspecified atom stereocenters. The van der Waals surface area contributed by atoms with Crippen molar-refractivity contribution in [1.29, 1.82) is 0 Å². The number of amides is 1. The Hall–Kier alpha value is -3.52. The van der Waals surface area contributed by atoms with Gasteiger partial charge in [-0.1, -0.05) is 23.7 Å². The molecule has 0 atom stereocenters. The molecule has 7 nitrogen and oxygen atoms in total. The van der Waals surface area contributed by atoms with Crippen LogP contribution in [0.3, 0.4) is 0 Å². The molecule has 2 heterocycles. The van der Waals surface area contributed by atoms with Gasteiger partial charge in [-0.2, -0.15) is 5.10 Å². The standard InChI is InChI=1S/C18H11ClFN5O2/c19-12-4-2-6-14(8-12)25-16-15(9-22-25)18(27)24(10-21-16)23-17(26)11-3-1-5-13(20)7-11/h1-10H,(H,23,26). The average molecular weight is 384 g/mol. The van der Waals surface area contributed by atoms with E-state index in [-0.39, 0.29) is 10.9 Å². The largest absolute Gasteiger partial charge is 0.283 e. The van der Waals surface area contributed by atoms with Crippen molar-refractivity contribution in [1.82, 2.24) is 19.4 Å². The number of nitrogens with one attached hydrogen (secondary N) is 1. The number of benzene rings is 2. The number of rotatable bonds is 3. The lowest BCUT2D eigenvalue weighted by molar-refractivity contribution is 0.101. The molecule has 27 heavy (non-hydrogen) atoms. The van der Waals surface area contributed by atoms with E-state index in [1.807, 2.05) is 0 Å². The maximum atomic E-state index is 13.3. The minimum absolute atomic E-state index is 0.0802. The van der Waals surface area contributed by atoms with Crippen LogP contribution in [-0.4, -0.2) is 25.3 Å². The van der Waals surface area contributed by atoms with E-state index in [2.05, 4.69) is 15.5 Å². The molecule has 0 saturated heterocycles. The summed E-state index contributed by atoms with van der Waals surface area (Å²) < 4.78 is 15.7. The summed E-state index contributed by atoms with van der Waals surface area (Å²) in [4.78, 5) is 29.1. The first-order valence-electron chi connectivity index (χ1n) is 7.81. The van der Waals surface area contributed by atoms with Crippen LogP contribution in [0.4, 0.5) is 4.39 Å². The van der Waals surface area contributed by atoms with Gasteiger partial charge in [0.2, 0.25) is 0 Å². The van der Waals surface area contributed by atoms with Crippen LogP contribution in [0, 0.1) is 5.82 Å². The molecule has 0 spiro atoms. The number of carbonyl (C=O) groups excluding carboxylic acids is 1. The zero-order chi connectivity index (χ0) is 19.0. The number of fused-ring (bicyclic) bond motifs is 1. The van der Waals surface area contributed by atoms with Gasteiger partial charge in [0.05, 0.1) is 11.9 Å². The second-order valence-corrected chi connectivity index (χ2v) is 6.08. The van der Waals surface area contributed by atoms with Crippen LogP contribution in [0.15, 0.2) is 65.8 Å². The summed E-state index contributed by atoms with van der Waals surface area (Å²) in [5.74, 6) is -1.19. The third kappa shape index (κ3) is 3.18. The summed E-state index contributed by atoms with van der Waals surface area (Å²) in [6.45, 7) is 0. The van der Waals surface area contributed by atoms with Crippen molar-refractivity contribution in [2.45, 2.75) is 0 Å². The second-order valence-electron chi connectivity index (χ2n) is 5.64. The van der Waals surface area contributed by atoms with Crippen LogP contribution in [0.2, 0.25) is 5.02 Å². The molecule has 1 amide bonds. The zero-order valence-corrected chi connectivity index (χ0v) is 14.4. The Morgan fingerprint density at radius 1 is 1.15 bits per heavy atom. The Bertz CT molecular complexity index is 1230. The average Bonchev–Trinajstić information content (AvgIpc) is 3.09. The van der Waals surface area contributed by atoms with Crippen LogP contribution in [0.1, 0.15) is 10.4 Å². The fourth-order valence-electron chi connectivity index (χ4n) is 2.59. The van der Waals surface area contributed by atoms with Crippen molar-refractivity contribution in [3.05, 3.63) is 87.8 Å². The van der Waals surface area contributed by atoms with Crippen molar-refractivity contribution < 1.29 is 9.18 Å². The summed E-state index contributed by atoms with van der Waals surface area (Å²) in [6.07, 6.45) is 2.53. The molecule has 0 aliphatic heterocycles. The van der Waals surface area contributed by atoms with Crippen LogP contribution in [0.5, 0.6) is 0 Å². The molecule has 0 aliphatic rings. The molecule has 1 N–H and O–H groups in total. The fourth-order valence-corrected chi connectivity index (χ4v) is 2.78. The summed E-state index contributed by atoms with van der Waals surface area (Å²) >= 11 is 5.99. The molecule has 0 radical (unpaired) electrons. The van der Waals surface area contributed by atoms with Crippen molar-refractivity contribution in [3.8, 4) is 5.69 Å². The first-order chi connectivity index (χ1) is 13.0. The molecule has 4 rings (SSSR count). The molecular weight excluding hydrogens is 373 g/mol. The van der Waals surface area contributed by atoms with Crippen molar-refractivity contribution in [3.63, 3.8) is 0 Å². The summed E-state index contributed by atoms with van der Waals surface area (Å²) in [5.41, 5.74) is 2.91. The zero-order valence-electron chi connectivity index (χ0n) is 13.6. The molecule has 0 saturated carbocycles. The number of hydrogen-bond donors (Lipinski definition) is 1. The molecular formula is C18H11ClFN5O2. The van der Waals surface area contributed by atoms with E-state index < -0.39 is 17.3 Å². The molecule has 2 aromatic heterocycles. The normalized spacial score (nSPS) is 10.9. The highest BCUT2D eigenvalue weighted by Crippen LogP contribution is 2.17. The van der Waals surface area contributed by atoms with Crippen molar-refractivity contribution >= 4 is 28.5 Å². The number of halogens is 2. The van der Waals surface area contributed by atoms with Gasteiger partial charge in [-0.3, -0.25) is 15.0 Å². The highest BCUT2D eigenvalue weighted by molar-refractivity contribution is 6.30. The molecule has 134 valence electrons. The maximum absolute atomic E-state index is 13.3. The Morgan fingerprint density at radius 3 is 2.74 bits per heavy atom. The van der Waals surface area contributed by atoms with E-state index in [9.17, 15) is 14.0 Å². The number of nitrogens with zero attached hydrogens (tertiary/aromatic N) is 4. The highest BCUT2D eigenvalue weighted by Gasteiger charge is 2.14. The van der Waals surface area contributed by atoms with Crippen molar-refractivity contribution in [2.24, 2.45) is 0 Å². The fraction of sp³-hybridized carbons (Fsp3) is 0. The number of aromatic nitrogens is 4. The second kappa shape index (κ2) is 6.65. The van der Waals surface area contributed by atoms with E-state index in [1.54, 1.807) is 24.3 Å². The molecule has 2 aromatic carbocycles. The maximum Gasteiger partial charge on any atom is 0.283 e. The van der Waals surface area contributed by atoms with E-state index in [4.69, 9.17) is 11.6 Å². The lowest BCUT2D eigenvalue weighted by atomic mass is 10.2. The molecule has 0 fully saturated rings. The van der Waals surface area contributed by atoms with Gasteiger partial charge in [0, 0.05) is 10.6 Å². The Labute approximate surface area is 156 Å². The predicted octanol–water partition coefficient (Wildman–Crippen LogP) is 2.76. The van der Waals surface area contributed by atoms with Crippen LogP contribution in [-0.2, 0) is 0 Å². The van der Waals surface area contributed by atoms with E-state index >= 15 is 0 Å². The highest BCUT2D eigenvalue weighted by atomic mass is 35.5. The number of carbonyl (C=O) groups is 1. The minimum atomic E-state index is -0.639. The van der Waals surface area contributed by atoms with Gasteiger partial charge >= 0.3 is 0 Å². The van der Waals surface area contributed by atoms with Crippen LogP contribution in [0.25, 0.3) is 16.7 Å². The van der Waals surface area contributed by atoms with E-state index in [0.717, 1.165) is 10.7 Å². The first-order valence-corrected chi connectivity index (χ1v) is 8.19. The Morgan fingerprint density at radius 2 is 1.96 bits per heavy atom. The SMILES string of the molecule is O=C(Nn1cnc2c(cnn2-c2cccc(Cl)c2)c1=O)c1cccc(F)c1. The molecule has 0 bridgehead atoms.